The first-order valence-electron chi connectivity index (χ1n) is 11.2. The Hall–Kier alpha value is -2.80. The predicted octanol–water partition coefficient (Wildman–Crippen LogP) is 2.79. The molecule has 0 bridgehead atoms. The number of alkyl halides is 3. The maximum Gasteiger partial charge on any atom is 0.416 e. The molecule has 190 valence electrons. The normalized spacial score (nSPS) is 21.8. The summed E-state index contributed by atoms with van der Waals surface area (Å²) in [5.41, 5.74) is -0.756. The first-order valence-corrected chi connectivity index (χ1v) is 11.2. The summed E-state index contributed by atoms with van der Waals surface area (Å²) in [6.07, 6.45) is -6.42. The zero-order chi connectivity index (χ0) is 25.2. The summed E-state index contributed by atoms with van der Waals surface area (Å²) >= 11 is 0. The molecule has 3 heterocycles. The molecule has 2 aromatic rings. The van der Waals surface area contributed by atoms with Crippen molar-refractivity contribution < 1.29 is 37.3 Å². The number of benzene rings is 1. The molecule has 0 aliphatic carbocycles. The third kappa shape index (κ3) is 6.07. The summed E-state index contributed by atoms with van der Waals surface area (Å²) in [5, 5.41) is 16.4. The van der Waals surface area contributed by atoms with E-state index < -0.39 is 29.8 Å². The molecule has 1 unspecified atom stereocenters. The Labute approximate surface area is 200 Å². The third-order valence-corrected chi connectivity index (χ3v) is 5.79. The van der Waals surface area contributed by atoms with E-state index in [9.17, 15) is 23.1 Å². The van der Waals surface area contributed by atoms with E-state index in [2.05, 4.69) is 20.6 Å². The van der Waals surface area contributed by atoms with E-state index in [0.717, 1.165) is 12.1 Å². The zero-order valence-electron chi connectivity index (χ0n) is 19.3. The molecule has 1 aromatic carbocycles. The Balaban J connectivity index is 1.62. The Bertz CT molecular complexity index is 1070. The smallest absolute Gasteiger partial charge is 0.379 e. The van der Waals surface area contributed by atoms with E-state index in [0.29, 0.717) is 49.9 Å². The van der Waals surface area contributed by atoms with Gasteiger partial charge in [0, 0.05) is 12.2 Å². The van der Waals surface area contributed by atoms with E-state index in [1.54, 1.807) is 6.92 Å². The number of nitrogens with one attached hydrogen (secondary N) is 2. The van der Waals surface area contributed by atoms with Crippen LogP contribution in [0.15, 0.2) is 24.3 Å². The number of aryl methyl sites for hydroxylation is 1. The van der Waals surface area contributed by atoms with Gasteiger partial charge in [-0.25, -0.2) is 9.97 Å². The summed E-state index contributed by atoms with van der Waals surface area (Å²) in [7, 11) is 0. The zero-order valence-corrected chi connectivity index (χ0v) is 19.3. The Morgan fingerprint density at radius 2 is 2.00 bits per heavy atom. The van der Waals surface area contributed by atoms with Gasteiger partial charge in [-0.15, -0.1) is 0 Å². The number of aliphatic hydroxyl groups excluding tert-OH is 1. The SMILES string of the molecule is Cc1nc(CC(=O)NC2(C)CCOC2)c(C2OCCO2)c(N[C@H](O)c2cccc(C(F)(F)F)c2)n1. The first kappa shape index (κ1) is 25.3. The van der Waals surface area contributed by atoms with Gasteiger partial charge in [-0.2, -0.15) is 13.2 Å². The fraction of sp³-hybridized carbons (Fsp3) is 0.522. The lowest BCUT2D eigenvalue weighted by Gasteiger charge is -2.25. The van der Waals surface area contributed by atoms with Gasteiger partial charge in [0.15, 0.2) is 12.5 Å². The van der Waals surface area contributed by atoms with E-state index in [-0.39, 0.29) is 23.7 Å². The molecule has 2 aliphatic heterocycles. The van der Waals surface area contributed by atoms with Gasteiger partial charge in [0.1, 0.15) is 11.6 Å². The topological polar surface area (TPSA) is 115 Å². The first-order chi connectivity index (χ1) is 16.5. The molecule has 35 heavy (non-hydrogen) atoms. The highest BCUT2D eigenvalue weighted by molar-refractivity contribution is 5.79. The molecule has 9 nitrogen and oxygen atoms in total. The minimum absolute atomic E-state index is 0.0104. The van der Waals surface area contributed by atoms with Crippen molar-refractivity contribution in [2.24, 2.45) is 0 Å². The number of nitrogens with zero attached hydrogens (tertiary/aromatic N) is 2. The van der Waals surface area contributed by atoms with Crippen LogP contribution in [0, 0.1) is 6.92 Å². The number of aliphatic hydroxyl groups is 1. The average molecular weight is 496 g/mol. The summed E-state index contributed by atoms with van der Waals surface area (Å²) in [4.78, 5) is 21.6. The lowest BCUT2D eigenvalue weighted by atomic mass is 10.0. The Morgan fingerprint density at radius 3 is 2.66 bits per heavy atom. The molecule has 0 spiro atoms. The molecular formula is C23H27F3N4O5. The summed E-state index contributed by atoms with van der Waals surface area (Å²) in [6.45, 7) is 5.06. The van der Waals surface area contributed by atoms with Crippen molar-refractivity contribution in [3.05, 3.63) is 52.5 Å². The number of carbonyl (C=O) groups excluding carboxylic acids is 1. The highest BCUT2D eigenvalue weighted by Crippen LogP contribution is 2.34. The number of amides is 1. The van der Waals surface area contributed by atoms with Crippen LogP contribution in [0.4, 0.5) is 19.0 Å². The maximum atomic E-state index is 13.1. The molecule has 2 fully saturated rings. The van der Waals surface area contributed by atoms with Gasteiger partial charge >= 0.3 is 6.18 Å². The number of hydrogen-bond donors (Lipinski definition) is 3. The lowest BCUT2D eigenvalue weighted by molar-refractivity contribution is -0.137. The van der Waals surface area contributed by atoms with E-state index >= 15 is 0 Å². The van der Waals surface area contributed by atoms with Gasteiger partial charge in [0.2, 0.25) is 5.91 Å². The Kier molecular flexibility index (Phi) is 7.27. The molecule has 1 aromatic heterocycles. The Morgan fingerprint density at radius 1 is 1.26 bits per heavy atom. The monoisotopic (exact) mass is 496 g/mol. The summed E-state index contributed by atoms with van der Waals surface area (Å²) in [6, 6.07) is 4.35. The molecule has 2 atom stereocenters. The van der Waals surface area contributed by atoms with Crippen molar-refractivity contribution in [2.75, 3.05) is 31.7 Å². The van der Waals surface area contributed by atoms with Crippen molar-refractivity contribution >= 4 is 11.7 Å². The fourth-order valence-electron chi connectivity index (χ4n) is 4.05. The minimum Gasteiger partial charge on any atom is -0.379 e. The molecular weight excluding hydrogens is 469 g/mol. The van der Waals surface area contributed by atoms with Gasteiger partial charge < -0.3 is 30.0 Å². The molecule has 4 rings (SSSR count). The van der Waals surface area contributed by atoms with Crippen molar-refractivity contribution in [2.45, 2.75) is 50.9 Å². The molecule has 3 N–H and O–H groups in total. The van der Waals surface area contributed by atoms with Crippen molar-refractivity contribution in [3.63, 3.8) is 0 Å². The van der Waals surface area contributed by atoms with Crippen LogP contribution in [-0.4, -0.2) is 52.9 Å². The van der Waals surface area contributed by atoms with Crippen LogP contribution >= 0.6 is 0 Å². The van der Waals surface area contributed by atoms with Crippen LogP contribution < -0.4 is 10.6 Å². The van der Waals surface area contributed by atoms with Gasteiger partial charge in [0.25, 0.3) is 0 Å². The van der Waals surface area contributed by atoms with Gasteiger partial charge in [-0.05, 0) is 32.4 Å². The molecule has 0 saturated carbocycles. The summed E-state index contributed by atoms with van der Waals surface area (Å²) in [5.74, 6) is 0.107. The highest BCUT2D eigenvalue weighted by Gasteiger charge is 2.34. The van der Waals surface area contributed by atoms with Crippen LogP contribution in [0.1, 0.15) is 54.1 Å². The van der Waals surface area contributed by atoms with Crippen LogP contribution in [0.25, 0.3) is 0 Å². The van der Waals surface area contributed by atoms with Crippen LogP contribution in [0.5, 0.6) is 0 Å². The lowest BCUT2D eigenvalue weighted by Crippen LogP contribution is -2.47. The number of anilines is 1. The molecule has 12 heteroatoms. The van der Waals surface area contributed by atoms with E-state index in [1.165, 1.54) is 12.1 Å². The molecule has 2 aliphatic rings. The molecule has 2 saturated heterocycles. The molecule has 0 radical (unpaired) electrons. The summed E-state index contributed by atoms with van der Waals surface area (Å²) < 4.78 is 56.0. The van der Waals surface area contributed by atoms with Gasteiger partial charge in [0.05, 0.1) is 48.6 Å². The standard InChI is InChI=1S/C23H27F3N4O5/c1-13-27-16(11-17(31)30-22(2)6-7-33-12-22)18(21-34-8-9-35-21)19(28-13)29-20(32)14-4-3-5-15(10-14)23(24,25)26/h3-5,10,20-21,32H,6-9,11-12H2,1-2H3,(H,30,31)(H,27,28,29)/t20-,22?/m1/s1. The number of rotatable bonds is 7. The molecule has 1 amide bonds. The fourth-order valence-corrected chi connectivity index (χ4v) is 4.05. The van der Waals surface area contributed by atoms with Crippen molar-refractivity contribution in [1.29, 1.82) is 0 Å². The van der Waals surface area contributed by atoms with E-state index in [1.807, 2.05) is 6.92 Å². The van der Waals surface area contributed by atoms with Gasteiger partial charge in [-0.3, -0.25) is 4.79 Å². The van der Waals surface area contributed by atoms with Crippen LogP contribution in [0.3, 0.4) is 0 Å². The second-order valence-corrected chi connectivity index (χ2v) is 8.81. The quantitative estimate of drug-likeness (QED) is 0.502. The number of hydrogen-bond acceptors (Lipinski definition) is 8. The number of aromatic nitrogens is 2. The highest BCUT2D eigenvalue weighted by atomic mass is 19.4. The minimum atomic E-state index is -4.56. The van der Waals surface area contributed by atoms with Gasteiger partial charge in [-0.1, -0.05) is 12.1 Å². The van der Waals surface area contributed by atoms with E-state index in [4.69, 9.17) is 14.2 Å². The largest absolute Gasteiger partial charge is 0.416 e. The average Bonchev–Trinajstić information content (AvgIpc) is 3.45. The number of halogens is 3. The third-order valence-electron chi connectivity index (χ3n) is 5.79. The predicted molar refractivity (Wildman–Crippen MR) is 117 cm³/mol. The second-order valence-electron chi connectivity index (χ2n) is 8.81. The van der Waals surface area contributed by atoms with Crippen LogP contribution in [0.2, 0.25) is 0 Å². The van der Waals surface area contributed by atoms with Crippen LogP contribution in [-0.2, 0) is 31.6 Å². The number of ether oxygens (including phenoxy) is 3. The second kappa shape index (κ2) is 10.1. The van der Waals surface area contributed by atoms with Crippen molar-refractivity contribution in [1.82, 2.24) is 15.3 Å². The maximum absolute atomic E-state index is 13.1. The number of carbonyl (C=O) groups is 1. The van der Waals surface area contributed by atoms with Crippen molar-refractivity contribution in [3.8, 4) is 0 Å².